The molecule has 0 aliphatic carbocycles. The summed E-state index contributed by atoms with van der Waals surface area (Å²) >= 11 is 1.44. The van der Waals surface area contributed by atoms with Crippen molar-refractivity contribution < 1.29 is 9.53 Å². The Balaban J connectivity index is 1.35. The summed E-state index contributed by atoms with van der Waals surface area (Å²) in [7, 11) is 1.69. The molecule has 0 bridgehead atoms. The number of amides is 1. The van der Waals surface area contributed by atoms with Gasteiger partial charge < -0.3 is 15.0 Å². The van der Waals surface area contributed by atoms with Crippen LogP contribution in [-0.4, -0.2) is 67.1 Å². The molecule has 1 aliphatic rings. The second-order valence-corrected chi connectivity index (χ2v) is 7.00. The number of benzene rings is 1. The lowest BCUT2D eigenvalue weighted by molar-refractivity contribution is -0.117. The summed E-state index contributed by atoms with van der Waals surface area (Å²) in [6.07, 6.45) is 2.73. The molecule has 2 heterocycles. The van der Waals surface area contributed by atoms with Gasteiger partial charge in [0.25, 0.3) is 0 Å². The van der Waals surface area contributed by atoms with Gasteiger partial charge in [0, 0.05) is 44.3 Å². The van der Waals surface area contributed by atoms with Crippen LogP contribution in [0.5, 0.6) is 5.75 Å². The average Bonchev–Trinajstić information content (AvgIpc) is 3.14. The molecule has 1 aliphatic heterocycles. The van der Waals surface area contributed by atoms with E-state index < -0.39 is 0 Å². The second-order valence-electron chi connectivity index (χ2n) is 6.10. The van der Waals surface area contributed by atoms with Gasteiger partial charge in [-0.2, -0.15) is 0 Å². The first-order valence-electron chi connectivity index (χ1n) is 8.50. The molecular formula is C18H24N4O2S. The lowest BCUT2D eigenvalue weighted by Crippen LogP contribution is -2.49. The molecule has 1 amide bonds. The van der Waals surface area contributed by atoms with Crippen LogP contribution in [0.1, 0.15) is 5.56 Å². The zero-order chi connectivity index (χ0) is 17.5. The third-order valence-electron chi connectivity index (χ3n) is 4.39. The Morgan fingerprint density at radius 3 is 2.56 bits per heavy atom. The van der Waals surface area contributed by atoms with E-state index in [4.69, 9.17) is 4.74 Å². The average molecular weight is 360 g/mol. The fraction of sp³-hybridized carbons (Fsp3) is 0.444. The lowest BCUT2D eigenvalue weighted by atomic mass is 10.1. The minimum atomic E-state index is 0.0154. The molecule has 0 radical (unpaired) electrons. The highest BCUT2D eigenvalue weighted by Gasteiger charge is 2.19. The number of nitrogens with one attached hydrogen (secondary N) is 1. The van der Waals surface area contributed by atoms with Crippen LogP contribution in [0.25, 0.3) is 0 Å². The number of thiazole rings is 1. The molecule has 134 valence electrons. The summed E-state index contributed by atoms with van der Waals surface area (Å²) in [5.74, 6) is 0.912. The van der Waals surface area contributed by atoms with Gasteiger partial charge in [0.2, 0.25) is 5.91 Å². The monoisotopic (exact) mass is 360 g/mol. The first-order valence-corrected chi connectivity index (χ1v) is 9.38. The van der Waals surface area contributed by atoms with Crippen molar-refractivity contribution in [1.82, 2.24) is 14.8 Å². The van der Waals surface area contributed by atoms with E-state index in [1.54, 1.807) is 13.3 Å². The van der Waals surface area contributed by atoms with Crippen molar-refractivity contribution in [2.24, 2.45) is 0 Å². The SMILES string of the molecule is COc1ccc(CCN2CCN(CC(=O)Nc3nccs3)CC2)cc1. The van der Waals surface area contributed by atoms with Crippen molar-refractivity contribution in [3.8, 4) is 5.75 Å². The van der Waals surface area contributed by atoms with E-state index in [2.05, 4.69) is 32.2 Å². The number of anilines is 1. The summed E-state index contributed by atoms with van der Waals surface area (Å²) in [6.45, 7) is 5.33. The molecule has 1 fully saturated rings. The molecule has 2 aromatic rings. The Labute approximate surface area is 152 Å². The number of piperazine rings is 1. The van der Waals surface area contributed by atoms with Crippen molar-refractivity contribution in [3.05, 3.63) is 41.4 Å². The fourth-order valence-corrected chi connectivity index (χ4v) is 3.44. The topological polar surface area (TPSA) is 57.7 Å². The maximum Gasteiger partial charge on any atom is 0.240 e. The normalized spacial score (nSPS) is 15.9. The lowest BCUT2D eigenvalue weighted by Gasteiger charge is -2.34. The van der Waals surface area contributed by atoms with Crippen LogP contribution in [0.2, 0.25) is 0 Å². The number of nitrogens with zero attached hydrogens (tertiary/aromatic N) is 3. The van der Waals surface area contributed by atoms with Gasteiger partial charge in [-0.05, 0) is 24.1 Å². The van der Waals surface area contributed by atoms with Crippen molar-refractivity contribution in [3.63, 3.8) is 0 Å². The molecule has 0 atom stereocenters. The quantitative estimate of drug-likeness (QED) is 0.818. The molecule has 1 N–H and O–H groups in total. The molecule has 3 rings (SSSR count). The number of carbonyl (C=O) groups is 1. The van der Waals surface area contributed by atoms with E-state index in [9.17, 15) is 4.79 Å². The Morgan fingerprint density at radius 2 is 1.92 bits per heavy atom. The van der Waals surface area contributed by atoms with Gasteiger partial charge in [-0.1, -0.05) is 12.1 Å². The standard InChI is InChI=1S/C18H24N4O2S/c1-24-16-4-2-15(3-5-16)6-8-21-9-11-22(12-10-21)14-17(23)20-18-19-7-13-25-18/h2-5,7,13H,6,8-12,14H2,1H3,(H,19,20,23). The van der Waals surface area contributed by atoms with Crippen molar-refractivity contribution in [1.29, 1.82) is 0 Å². The zero-order valence-electron chi connectivity index (χ0n) is 14.5. The molecule has 1 aromatic carbocycles. The van der Waals surface area contributed by atoms with Crippen LogP contribution in [0, 0.1) is 0 Å². The number of hydrogen-bond acceptors (Lipinski definition) is 6. The van der Waals surface area contributed by atoms with Crippen molar-refractivity contribution in [2.45, 2.75) is 6.42 Å². The molecule has 6 nitrogen and oxygen atoms in total. The van der Waals surface area contributed by atoms with E-state index in [1.807, 2.05) is 17.5 Å². The second kappa shape index (κ2) is 8.94. The number of carbonyl (C=O) groups excluding carboxylic acids is 1. The molecule has 7 heteroatoms. The maximum atomic E-state index is 12.0. The summed E-state index contributed by atoms with van der Waals surface area (Å²) in [5, 5.41) is 5.37. The van der Waals surface area contributed by atoms with Crippen molar-refractivity contribution in [2.75, 3.05) is 51.7 Å². The highest BCUT2D eigenvalue weighted by atomic mass is 32.1. The van der Waals surface area contributed by atoms with Gasteiger partial charge in [0.05, 0.1) is 13.7 Å². The highest BCUT2D eigenvalue weighted by Crippen LogP contribution is 2.13. The summed E-state index contributed by atoms with van der Waals surface area (Å²) in [6, 6.07) is 8.26. The number of methoxy groups -OCH3 is 1. The Hall–Kier alpha value is -1.96. The van der Waals surface area contributed by atoms with E-state index in [1.165, 1.54) is 16.9 Å². The summed E-state index contributed by atoms with van der Waals surface area (Å²) in [4.78, 5) is 20.7. The Kier molecular flexibility index (Phi) is 6.38. The molecular weight excluding hydrogens is 336 g/mol. The van der Waals surface area contributed by atoms with Crippen molar-refractivity contribution >= 4 is 22.4 Å². The zero-order valence-corrected chi connectivity index (χ0v) is 15.3. The Bertz CT molecular complexity index is 652. The largest absolute Gasteiger partial charge is 0.497 e. The van der Waals surface area contributed by atoms with E-state index in [-0.39, 0.29) is 5.91 Å². The number of aromatic nitrogens is 1. The molecule has 1 aromatic heterocycles. The van der Waals surface area contributed by atoms with E-state index in [0.29, 0.717) is 11.7 Å². The fourth-order valence-electron chi connectivity index (χ4n) is 2.90. The first kappa shape index (κ1) is 17.8. The minimum absolute atomic E-state index is 0.0154. The van der Waals surface area contributed by atoms with Gasteiger partial charge >= 0.3 is 0 Å². The smallest absolute Gasteiger partial charge is 0.240 e. The number of rotatable bonds is 7. The van der Waals surface area contributed by atoms with Gasteiger partial charge in [-0.15, -0.1) is 11.3 Å². The molecule has 25 heavy (non-hydrogen) atoms. The molecule has 0 saturated carbocycles. The van der Waals surface area contributed by atoms with Gasteiger partial charge in [0.1, 0.15) is 5.75 Å². The molecule has 0 spiro atoms. The minimum Gasteiger partial charge on any atom is -0.497 e. The predicted molar refractivity (Wildman–Crippen MR) is 100 cm³/mol. The molecule has 0 unspecified atom stereocenters. The van der Waals surface area contributed by atoms with Gasteiger partial charge in [-0.3, -0.25) is 9.69 Å². The summed E-state index contributed by atoms with van der Waals surface area (Å²) in [5.41, 5.74) is 1.33. The molecule has 1 saturated heterocycles. The van der Waals surface area contributed by atoms with Gasteiger partial charge in [0.15, 0.2) is 5.13 Å². The third kappa shape index (κ3) is 5.52. The van der Waals surface area contributed by atoms with Crippen LogP contribution in [-0.2, 0) is 11.2 Å². The van der Waals surface area contributed by atoms with E-state index in [0.717, 1.165) is 44.9 Å². The van der Waals surface area contributed by atoms with Crippen LogP contribution >= 0.6 is 11.3 Å². The van der Waals surface area contributed by atoms with Crippen LogP contribution in [0.3, 0.4) is 0 Å². The Morgan fingerprint density at radius 1 is 1.20 bits per heavy atom. The summed E-state index contributed by atoms with van der Waals surface area (Å²) < 4.78 is 5.19. The number of ether oxygens (including phenoxy) is 1. The highest BCUT2D eigenvalue weighted by molar-refractivity contribution is 7.13. The predicted octanol–water partition coefficient (Wildman–Crippen LogP) is 1.95. The third-order valence-corrected chi connectivity index (χ3v) is 5.08. The van der Waals surface area contributed by atoms with Crippen LogP contribution in [0.15, 0.2) is 35.8 Å². The maximum absolute atomic E-state index is 12.0. The van der Waals surface area contributed by atoms with E-state index >= 15 is 0 Å². The van der Waals surface area contributed by atoms with Crippen LogP contribution in [0.4, 0.5) is 5.13 Å². The van der Waals surface area contributed by atoms with Crippen LogP contribution < -0.4 is 10.1 Å². The first-order chi connectivity index (χ1) is 12.2. The van der Waals surface area contributed by atoms with Gasteiger partial charge in [-0.25, -0.2) is 4.98 Å². The number of hydrogen-bond donors (Lipinski definition) is 1.